The Hall–Kier alpha value is -1.56. The second kappa shape index (κ2) is 7.81. The van der Waals surface area contributed by atoms with E-state index in [1.54, 1.807) is 6.08 Å². The summed E-state index contributed by atoms with van der Waals surface area (Å²) in [6.45, 7) is 3.91. The number of carboxylic acid groups (broad SMARTS) is 1. The third kappa shape index (κ3) is 6.50. The van der Waals surface area contributed by atoms with Gasteiger partial charge in [0.05, 0.1) is 6.54 Å². The number of rotatable bonds is 7. The van der Waals surface area contributed by atoms with Crippen LogP contribution in [0.1, 0.15) is 6.42 Å². The molecule has 0 fully saturated rings. The summed E-state index contributed by atoms with van der Waals surface area (Å²) < 4.78 is 4.63. The summed E-state index contributed by atoms with van der Waals surface area (Å²) in [5.74, 6) is -1.11. The molecule has 0 aromatic carbocycles. The molecule has 0 saturated heterocycles. The van der Waals surface area contributed by atoms with Gasteiger partial charge in [-0.3, -0.25) is 0 Å². The summed E-state index contributed by atoms with van der Waals surface area (Å²) in [5, 5.41) is 13.5. The molecule has 0 aliphatic rings. The number of carboxylic acids is 1. The molecule has 2 amide bonds. The average molecular weight is 216 g/mol. The Morgan fingerprint density at radius 2 is 2.20 bits per heavy atom. The SMILES string of the molecule is C=CCCNC(=O)NCC(OC)C(=O)O. The summed E-state index contributed by atoms with van der Waals surface area (Å²) in [6, 6.07) is -0.417. The molecule has 0 saturated carbocycles. The van der Waals surface area contributed by atoms with E-state index < -0.39 is 18.1 Å². The van der Waals surface area contributed by atoms with Crippen LogP contribution in [0.4, 0.5) is 4.79 Å². The Morgan fingerprint density at radius 3 is 2.67 bits per heavy atom. The van der Waals surface area contributed by atoms with Crippen molar-refractivity contribution in [3.05, 3.63) is 12.7 Å². The van der Waals surface area contributed by atoms with Gasteiger partial charge in [0.2, 0.25) is 0 Å². The lowest BCUT2D eigenvalue weighted by Crippen LogP contribution is -2.42. The summed E-state index contributed by atoms with van der Waals surface area (Å²) >= 11 is 0. The van der Waals surface area contributed by atoms with Crippen molar-refractivity contribution >= 4 is 12.0 Å². The normalized spacial score (nSPS) is 11.5. The Morgan fingerprint density at radius 1 is 1.53 bits per heavy atom. The number of ether oxygens (including phenoxy) is 1. The maximum absolute atomic E-state index is 11.1. The minimum absolute atomic E-state index is 0.0637. The van der Waals surface area contributed by atoms with Crippen LogP contribution in [0.3, 0.4) is 0 Å². The molecule has 1 unspecified atom stereocenters. The standard InChI is InChI=1S/C9H16N2O4/c1-3-4-5-10-9(14)11-6-7(15-2)8(12)13/h3,7H,1,4-6H2,2H3,(H,12,13)(H2,10,11,14). The van der Waals surface area contributed by atoms with Crippen molar-refractivity contribution in [2.24, 2.45) is 0 Å². The van der Waals surface area contributed by atoms with Crippen LogP contribution in [0.5, 0.6) is 0 Å². The number of hydrogen-bond donors (Lipinski definition) is 3. The third-order valence-electron chi connectivity index (χ3n) is 1.64. The molecule has 1 atom stereocenters. The number of amides is 2. The predicted molar refractivity (Wildman–Crippen MR) is 54.6 cm³/mol. The number of methoxy groups -OCH3 is 1. The Balaban J connectivity index is 3.68. The van der Waals surface area contributed by atoms with E-state index in [1.807, 2.05) is 0 Å². The Bertz CT molecular complexity index is 230. The maximum atomic E-state index is 11.1. The van der Waals surface area contributed by atoms with Gasteiger partial charge in [-0.25, -0.2) is 9.59 Å². The first kappa shape index (κ1) is 13.4. The Kier molecular flexibility index (Phi) is 7.00. The summed E-state index contributed by atoms with van der Waals surface area (Å²) in [6.07, 6.45) is 1.32. The van der Waals surface area contributed by atoms with E-state index in [1.165, 1.54) is 7.11 Å². The second-order valence-electron chi connectivity index (χ2n) is 2.78. The first-order chi connectivity index (χ1) is 7.11. The van der Waals surface area contributed by atoms with Gasteiger partial charge in [-0.15, -0.1) is 6.58 Å². The highest BCUT2D eigenvalue weighted by Crippen LogP contribution is 1.87. The minimum atomic E-state index is -1.11. The van der Waals surface area contributed by atoms with Gasteiger partial charge in [-0.1, -0.05) is 6.08 Å². The first-order valence-electron chi connectivity index (χ1n) is 4.50. The molecule has 15 heavy (non-hydrogen) atoms. The van der Waals surface area contributed by atoms with Gasteiger partial charge in [0.15, 0.2) is 6.10 Å². The number of carbonyl (C=O) groups excluding carboxylic acids is 1. The molecule has 3 N–H and O–H groups in total. The molecule has 0 spiro atoms. The van der Waals surface area contributed by atoms with Crippen LogP contribution in [-0.4, -0.2) is 43.4 Å². The number of aliphatic carboxylic acids is 1. The molecule has 0 aromatic heterocycles. The lowest BCUT2D eigenvalue weighted by Gasteiger charge is -2.11. The topological polar surface area (TPSA) is 87.7 Å². The van der Waals surface area contributed by atoms with Gasteiger partial charge in [0, 0.05) is 13.7 Å². The van der Waals surface area contributed by atoms with Gasteiger partial charge >= 0.3 is 12.0 Å². The monoisotopic (exact) mass is 216 g/mol. The largest absolute Gasteiger partial charge is 0.479 e. The molecule has 6 nitrogen and oxygen atoms in total. The zero-order chi connectivity index (χ0) is 11.7. The maximum Gasteiger partial charge on any atom is 0.334 e. The van der Waals surface area contributed by atoms with Gasteiger partial charge in [-0.05, 0) is 6.42 Å². The lowest BCUT2D eigenvalue weighted by atomic mass is 10.3. The molecule has 0 rings (SSSR count). The van der Waals surface area contributed by atoms with E-state index in [9.17, 15) is 9.59 Å². The molecular weight excluding hydrogens is 200 g/mol. The van der Waals surface area contributed by atoms with Crippen LogP contribution in [0.25, 0.3) is 0 Å². The van der Waals surface area contributed by atoms with Crippen molar-refractivity contribution in [1.29, 1.82) is 0 Å². The minimum Gasteiger partial charge on any atom is -0.479 e. The van der Waals surface area contributed by atoms with Gasteiger partial charge in [0.25, 0.3) is 0 Å². The van der Waals surface area contributed by atoms with Crippen LogP contribution in [0, 0.1) is 0 Å². The van der Waals surface area contributed by atoms with Crippen molar-refractivity contribution in [3.8, 4) is 0 Å². The molecule has 0 heterocycles. The summed E-state index contributed by atoms with van der Waals surface area (Å²) in [4.78, 5) is 21.5. The first-order valence-corrected chi connectivity index (χ1v) is 4.50. The fourth-order valence-corrected chi connectivity index (χ4v) is 0.807. The molecule has 0 radical (unpaired) electrons. The Labute approximate surface area is 88.3 Å². The summed E-state index contributed by atoms with van der Waals surface area (Å²) in [5.41, 5.74) is 0. The lowest BCUT2D eigenvalue weighted by molar-refractivity contribution is -0.147. The van der Waals surface area contributed by atoms with Crippen molar-refractivity contribution in [1.82, 2.24) is 10.6 Å². The number of hydrogen-bond acceptors (Lipinski definition) is 3. The number of urea groups is 1. The number of carbonyl (C=O) groups is 2. The van der Waals surface area contributed by atoms with E-state index in [4.69, 9.17) is 5.11 Å². The molecule has 0 aliphatic carbocycles. The molecule has 0 aromatic rings. The van der Waals surface area contributed by atoms with Crippen LogP contribution in [0.2, 0.25) is 0 Å². The van der Waals surface area contributed by atoms with Crippen LogP contribution in [0.15, 0.2) is 12.7 Å². The van der Waals surface area contributed by atoms with E-state index >= 15 is 0 Å². The predicted octanol–water partition coefficient (Wildman–Crippen LogP) is -0.0387. The third-order valence-corrected chi connectivity index (χ3v) is 1.64. The van der Waals surface area contributed by atoms with Crippen molar-refractivity contribution in [2.45, 2.75) is 12.5 Å². The molecule has 6 heteroatoms. The van der Waals surface area contributed by atoms with Crippen LogP contribution < -0.4 is 10.6 Å². The second-order valence-corrected chi connectivity index (χ2v) is 2.78. The smallest absolute Gasteiger partial charge is 0.334 e. The zero-order valence-electron chi connectivity index (χ0n) is 8.66. The highest BCUT2D eigenvalue weighted by Gasteiger charge is 2.16. The highest BCUT2D eigenvalue weighted by atomic mass is 16.5. The summed E-state index contributed by atoms with van der Waals surface area (Å²) in [7, 11) is 1.27. The van der Waals surface area contributed by atoms with Gasteiger partial charge in [-0.2, -0.15) is 0 Å². The highest BCUT2D eigenvalue weighted by molar-refractivity contribution is 5.76. The van der Waals surface area contributed by atoms with E-state index in [0.717, 1.165) is 0 Å². The van der Waals surface area contributed by atoms with Crippen molar-refractivity contribution in [2.75, 3.05) is 20.2 Å². The van der Waals surface area contributed by atoms with Crippen molar-refractivity contribution in [3.63, 3.8) is 0 Å². The molecule has 0 aliphatic heterocycles. The number of nitrogens with one attached hydrogen (secondary N) is 2. The molecular formula is C9H16N2O4. The van der Waals surface area contributed by atoms with Crippen LogP contribution in [-0.2, 0) is 9.53 Å². The quantitative estimate of drug-likeness (QED) is 0.411. The zero-order valence-corrected chi connectivity index (χ0v) is 8.66. The van der Waals surface area contributed by atoms with Crippen LogP contribution >= 0.6 is 0 Å². The average Bonchev–Trinajstić information content (AvgIpc) is 2.18. The molecule has 0 bridgehead atoms. The van der Waals surface area contributed by atoms with E-state index in [2.05, 4.69) is 21.9 Å². The van der Waals surface area contributed by atoms with Crippen molar-refractivity contribution < 1.29 is 19.4 Å². The van der Waals surface area contributed by atoms with E-state index in [-0.39, 0.29) is 6.54 Å². The fourth-order valence-electron chi connectivity index (χ4n) is 0.807. The van der Waals surface area contributed by atoms with Gasteiger partial charge in [0.1, 0.15) is 0 Å². The van der Waals surface area contributed by atoms with E-state index in [0.29, 0.717) is 13.0 Å². The molecule has 86 valence electrons. The van der Waals surface area contributed by atoms with Gasteiger partial charge < -0.3 is 20.5 Å². The fraction of sp³-hybridized carbons (Fsp3) is 0.556.